The number of amides is 6. The summed E-state index contributed by atoms with van der Waals surface area (Å²) in [5.41, 5.74) is 7.90. The monoisotopic (exact) mass is 820 g/mol. The molecule has 1 aliphatic rings. The molecule has 0 bridgehead atoms. The molecule has 0 saturated carbocycles. The number of nitrogens with one attached hydrogen (secondary N) is 2. The zero-order valence-corrected chi connectivity index (χ0v) is 35.7. The number of hydrazine groups is 1. The van der Waals surface area contributed by atoms with Gasteiger partial charge in [0.15, 0.2) is 0 Å². The predicted molar refractivity (Wildman–Crippen MR) is 230 cm³/mol. The Balaban J connectivity index is 1.41. The van der Waals surface area contributed by atoms with E-state index in [4.69, 9.17) is 4.74 Å². The molecule has 0 aliphatic carbocycles. The van der Waals surface area contributed by atoms with Crippen molar-refractivity contribution in [1.82, 2.24) is 40.4 Å². The Morgan fingerprint density at radius 1 is 0.883 bits per heavy atom. The minimum absolute atomic E-state index is 0.00530. The molecule has 60 heavy (non-hydrogen) atoms. The van der Waals surface area contributed by atoms with Gasteiger partial charge >= 0.3 is 18.2 Å². The Kier molecular flexibility index (Phi) is 16.5. The van der Waals surface area contributed by atoms with E-state index in [1.807, 2.05) is 126 Å². The number of urea groups is 2. The van der Waals surface area contributed by atoms with E-state index in [-0.39, 0.29) is 49.8 Å². The number of rotatable bonds is 19. The van der Waals surface area contributed by atoms with E-state index in [0.29, 0.717) is 26.1 Å². The average Bonchev–Trinajstić information content (AvgIpc) is 3.60. The Bertz CT molecular complexity index is 2000. The van der Waals surface area contributed by atoms with Gasteiger partial charge in [0.25, 0.3) is 0 Å². The number of benzene rings is 2. The SMILES string of the molecule is CCC(C)CN(C(=O)NN(Cc1ccc(-c2ccccn2)cc1)CC(O)C(Cc1ccccc1)NC(=O)C(C(C)CC)N1CCN(Cc2cccc(C)n2)C1=O)C(=O)OC. The molecule has 320 valence electrons. The second-order valence-corrected chi connectivity index (χ2v) is 15.7. The Morgan fingerprint density at radius 3 is 2.27 bits per heavy atom. The van der Waals surface area contributed by atoms with Crippen LogP contribution >= 0.6 is 0 Å². The molecule has 2 aromatic heterocycles. The van der Waals surface area contributed by atoms with E-state index >= 15 is 0 Å². The lowest BCUT2D eigenvalue weighted by molar-refractivity contribution is -0.128. The van der Waals surface area contributed by atoms with Gasteiger partial charge < -0.3 is 25.0 Å². The smallest absolute Gasteiger partial charge is 0.417 e. The zero-order valence-electron chi connectivity index (χ0n) is 35.7. The number of aliphatic hydroxyl groups is 1. The first kappa shape index (κ1) is 45.2. The fraction of sp³-hybridized carbons (Fsp3) is 0.435. The van der Waals surface area contributed by atoms with Gasteiger partial charge in [0.2, 0.25) is 5.91 Å². The van der Waals surface area contributed by atoms with Gasteiger partial charge in [-0.1, -0.05) is 107 Å². The normalized spacial score (nSPS) is 15.2. The van der Waals surface area contributed by atoms with Crippen LogP contribution in [-0.4, -0.2) is 110 Å². The summed E-state index contributed by atoms with van der Waals surface area (Å²) in [7, 11) is 1.22. The van der Waals surface area contributed by atoms with Crippen molar-refractivity contribution in [2.75, 3.05) is 33.3 Å². The van der Waals surface area contributed by atoms with Crippen molar-refractivity contribution < 1.29 is 29.0 Å². The van der Waals surface area contributed by atoms with Crippen LogP contribution < -0.4 is 10.7 Å². The predicted octanol–water partition coefficient (Wildman–Crippen LogP) is 6.43. The molecule has 5 atom stereocenters. The quantitative estimate of drug-likeness (QED) is 0.0906. The topological polar surface area (TPSA) is 161 Å². The number of aromatic nitrogens is 2. The molecule has 5 rings (SSSR count). The number of methoxy groups -OCH3 is 1. The molecule has 3 N–H and O–H groups in total. The molecule has 1 aliphatic heterocycles. The largest absolute Gasteiger partial charge is 0.452 e. The van der Waals surface area contributed by atoms with Crippen molar-refractivity contribution >= 4 is 24.1 Å². The molecule has 0 spiro atoms. The molecule has 14 nitrogen and oxygen atoms in total. The summed E-state index contributed by atoms with van der Waals surface area (Å²) in [4.78, 5) is 68.5. The molecule has 5 unspecified atom stereocenters. The summed E-state index contributed by atoms with van der Waals surface area (Å²) < 4.78 is 4.98. The zero-order chi connectivity index (χ0) is 43.2. The number of aliphatic hydroxyl groups excluding tert-OH is 1. The highest BCUT2D eigenvalue weighted by Crippen LogP contribution is 2.24. The van der Waals surface area contributed by atoms with Gasteiger partial charge in [-0.05, 0) is 60.6 Å². The van der Waals surface area contributed by atoms with Crippen LogP contribution in [0.15, 0.2) is 97.2 Å². The van der Waals surface area contributed by atoms with Crippen molar-refractivity contribution in [2.45, 2.75) is 85.2 Å². The highest BCUT2D eigenvalue weighted by atomic mass is 16.5. The van der Waals surface area contributed by atoms with E-state index in [0.717, 1.165) is 45.1 Å². The van der Waals surface area contributed by atoms with Crippen LogP contribution in [0.25, 0.3) is 11.3 Å². The average molecular weight is 821 g/mol. The molecule has 1 fully saturated rings. The van der Waals surface area contributed by atoms with E-state index in [2.05, 4.69) is 20.7 Å². The number of nitrogens with zero attached hydrogens (tertiary/aromatic N) is 6. The second kappa shape index (κ2) is 21.9. The molecule has 1 saturated heterocycles. The molecule has 0 radical (unpaired) electrons. The standard InChI is InChI=1S/C46H60N8O6/c1-7-32(3)28-54(46(59)60-6)44(57)50-52(29-36-20-22-37(23-21-36)39-19-12-13-24-47-39)31-41(55)40(27-35-16-10-9-11-17-35)49-43(56)42(33(4)8-2)53-26-25-51(45(53)58)30-38-18-14-15-34(5)48-38/h9-24,32-33,40-42,55H,7-8,25-31H2,1-6H3,(H,49,56)(H,50,57). The summed E-state index contributed by atoms with van der Waals surface area (Å²) in [5.74, 6) is -0.565. The minimum Gasteiger partial charge on any atom is -0.452 e. The Hall–Kier alpha value is -5.86. The fourth-order valence-corrected chi connectivity index (χ4v) is 7.26. The van der Waals surface area contributed by atoms with Gasteiger partial charge in [-0.25, -0.2) is 24.3 Å². The number of hydrogen-bond acceptors (Lipinski definition) is 9. The van der Waals surface area contributed by atoms with Crippen molar-refractivity contribution in [3.63, 3.8) is 0 Å². The molecule has 2 aromatic carbocycles. The first-order chi connectivity index (χ1) is 28.9. The lowest BCUT2D eigenvalue weighted by Gasteiger charge is -2.35. The summed E-state index contributed by atoms with van der Waals surface area (Å²) >= 11 is 0. The van der Waals surface area contributed by atoms with Crippen LogP contribution in [0.5, 0.6) is 0 Å². The number of ether oxygens (including phenoxy) is 1. The minimum atomic E-state index is -1.22. The summed E-state index contributed by atoms with van der Waals surface area (Å²) in [6, 6.07) is 26.0. The molecule has 4 aromatic rings. The van der Waals surface area contributed by atoms with Crippen LogP contribution in [0.1, 0.15) is 63.1 Å². The maximum absolute atomic E-state index is 14.5. The number of aryl methyl sites for hydroxylation is 1. The summed E-state index contributed by atoms with van der Waals surface area (Å²) in [6.45, 7) is 11.1. The Morgan fingerprint density at radius 2 is 1.62 bits per heavy atom. The van der Waals surface area contributed by atoms with Gasteiger partial charge in [0.1, 0.15) is 6.04 Å². The number of hydrogen-bond donors (Lipinski definition) is 3. The first-order valence-electron chi connectivity index (χ1n) is 20.8. The Labute approximate surface area is 353 Å². The lowest BCUT2D eigenvalue weighted by atomic mass is 9.95. The molecule has 3 heterocycles. The van der Waals surface area contributed by atoms with E-state index < -0.39 is 30.3 Å². The number of imide groups is 1. The van der Waals surface area contributed by atoms with Gasteiger partial charge in [-0.15, -0.1) is 0 Å². The van der Waals surface area contributed by atoms with Crippen LogP contribution in [0.4, 0.5) is 14.4 Å². The second-order valence-electron chi connectivity index (χ2n) is 15.7. The van der Waals surface area contributed by atoms with Crippen molar-refractivity contribution in [2.24, 2.45) is 11.8 Å². The summed E-state index contributed by atoms with van der Waals surface area (Å²) in [5, 5.41) is 16.8. The van der Waals surface area contributed by atoms with Gasteiger partial charge in [0.05, 0.1) is 37.2 Å². The van der Waals surface area contributed by atoms with Crippen LogP contribution in [0.2, 0.25) is 0 Å². The van der Waals surface area contributed by atoms with Gasteiger partial charge in [-0.3, -0.25) is 20.2 Å². The van der Waals surface area contributed by atoms with E-state index in [1.165, 1.54) is 7.11 Å². The molecule has 14 heteroatoms. The molecular formula is C46H60N8O6. The van der Waals surface area contributed by atoms with Crippen molar-refractivity contribution in [3.05, 3.63) is 120 Å². The van der Waals surface area contributed by atoms with Crippen LogP contribution in [0, 0.1) is 18.8 Å². The van der Waals surface area contributed by atoms with Crippen LogP contribution in [-0.2, 0) is 29.0 Å². The van der Waals surface area contributed by atoms with Crippen LogP contribution in [0.3, 0.4) is 0 Å². The third kappa shape index (κ3) is 12.3. The van der Waals surface area contributed by atoms with Gasteiger partial charge in [-0.2, -0.15) is 0 Å². The van der Waals surface area contributed by atoms with Crippen molar-refractivity contribution in [1.29, 1.82) is 0 Å². The first-order valence-corrected chi connectivity index (χ1v) is 20.8. The maximum atomic E-state index is 14.5. The third-order valence-electron chi connectivity index (χ3n) is 11.1. The lowest BCUT2D eigenvalue weighted by Crippen LogP contribution is -2.59. The van der Waals surface area contributed by atoms with Gasteiger partial charge in [0, 0.05) is 50.2 Å². The molecule has 6 amide bonds. The number of carbonyl (C=O) groups is 4. The number of carbonyl (C=O) groups excluding carboxylic acids is 4. The van der Waals surface area contributed by atoms with Crippen molar-refractivity contribution in [3.8, 4) is 11.3 Å². The maximum Gasteiger partial charge on any atom is 0.417 e. The van der Waals surface area contributed by atoms with E-state index in [9.17, 15) is 24.3 Å². The molecular weight excluding hydrogens is 761 g/mol. The third-order valence-corrected chi connectivity index (χ3v) is 11.1. The summed E-state index contributed by atoms with van der Waals surface area (Å²) in [6.07, 6.45) is 1.34. The van der Waals surface area contributed by atoms with E-state index in [1.54, 1.807) is 21.0 Å². The fourth-order valence-electron chi connectivity index (χ4n) is 7.26. The highest BCUT2D eigenvalue weighted by molar-refractivity contribution is 5.90. The highest BCUT2D eigenvalue weighted by Gasteiger charge is 2.41. The number of pyridine rings is 2.